The normalized spacial score (nSPS) is 11.0. The summed E-state index contributed by atoms with van der Waals surface area (Å²) in [5.74, 6) is 0.433. The van der Waals surface area contributed by atoms with Gasteiger partial charge in [0, 0.05) is 11.3 Å². The van der Waals surface area contributed by atoms with Crippen LogP contribution >= 0.6 is 11.6 Å². The van der Waals surface area contributed by atoms with E-state index in [0.717, 1.165) is 27.9 Å². The SMILES string of the molecule is COc1ccc(-n2nc3cc(C)c(NC(=O)c4cc(C)cc(C)c4)cc3n2)cc1Cl. The van der Waals surface area contributed by atoms with Gasteiger partial charge in [-0.05, 0) is 68.8 Å². The average molecular weight is 421 g/mol. The van der Waals surface area contributed by atoms with E-state index in [-0.39, 0.29) is 5.91 Å². The van der Waals surface area contributed by atoms with Crippen LogP contribution in [-0.2, 0) is 0 Å². The van der Waals surface area contributed by atoms with Gasteiger partial charge in [-0.1, -0.05) is 28.8 Å². The molecular formula is C23H21ClN4O2. The first-order valence-electron chi connectivity index (χ1n) is 9.45. The largest absolute Gasteiger partial charge is 0.495 e. The van der Waals surface area contributed by atoms with Crippen LogP contribution in [0.25, 0.3) is 16.7 Å². The lowest BCUT2D eigenvalue weighted by Gasteiger charge is -2.09. The molecule has 0 fully saturated rings. The number of rotatable bonds is 4. The zero-order chi connectivity index (χ0) is 21.4. The maximum atomic E-state index is 12.8. The van der Waals surface area contributed by atoms with Gasteiger partial charge in [-0.15, -0.1) is 10.2 Å². The molecule has 0 atom stereocenters. The van der Waals surface area contributed by atoms with E-state index in [2.05, 4.69) is 15.5 Å². The summed E-state index contributed by atoms with van der Waals surface area (Å²) in [5, 5.41) is 12.6. The highest BCUT2D eigenvalue weighted by Gasteiger charge is 2.13. The highest BCUT2D eigenvalue weighted by Crippen LogP contribution is 2.27. The Morgan fingerprint density at radius 1 is 0.967 bits per heavy atom. The molecule has 7 heteroatoms. The molecule has 0 aliphatic rings. The van der Waals surface area contributed by atoms with Gasteiger partial charge in [0.15, 0.2) is 0 Å². The number of amides is 1. The van der Waals surface area contributed by atoms with E-state index in [1.54, 1.807) is 19.2 Å². The molecule has 1 heterocycles. The van der Waals surface area contributed by atoms with E-state index < -0.39 is 0 Å². The fraction of sp³-hybridized carbons (Fsp3) is 0.174. The van der Waals surface area contributed by atoms with Gasteiger partial charge in [0.2, 0.25) is 0 Å². The fourth-order valence-corrected chi connectivity index (χ4v) is 3.65. The van der Waals surface area contributed by atoms with Gasteiger partial charge >= 0.3 is 0 Å². The number of carbonyl (C=O) groups excluding carboxylic acids is 1. The summed E-state index contributed by atoms with van der Waals surface area (Å²) >= 11 is 6.22. The highest BCUT2D eigenvalue weighted by atomic mass is 35.5. The monoisotopic (exact) mass is 420 g/mol. The summed E-state index contributed by atoms with van der Waals surface area (Å²) in [6.07, 6.45) is 0. The van der Waals surface area contributed by atoms with Crippen molar-refractivity contribution in [2.45, 2.75) is 20.8 Å². The van der Waals surface area contributed by atoms with Crippen molar-refractivity contribution in [1.29, 1.82) is 0 Å². The van der Waals surface area contributed by atoms with E-state index >= 15 is 0 Å². The van der Waals surface area contributed by atoms with Crippen LogP contribution in [0.4, 0.5) is 5.69 Å². The van der Waals surface area contributed by atoms with Gasteiger partial charge in [0.25, 0.3) is 5.91 Å². The maximum absolute atomic E-state index is 12.8. The summed E-state index contributed by atoms with van der Waals surface area (Å²) in [4.78, 5) is 14.3. The second-order valence-corrected chi connectivity index (χ2v) is 7.70. The number of halogens is 1. The first-order valence-corrected chi connectivity index (χ1v) is 9.83. The zero-order valence-electron chi connectivity index (χ0n) is 17.2. The average Bonchev–Trinajstić information content (AvgIpc) is 3.10. The predicted octanol–water partition coefficient (Wildman–Crippen LogP) is 5.26. The van der Waals surface area contributed by atoms with E-state index in [9.17, 15) is 4.79 Å². The molecule has 0 unspecified atom stereocenters. The quantitative estimate of drug-likeness (QED) is 0.489. The fourth-order valence-electron chi connectivity index (χ4n) is 3.40. The molecular weight excluding hydrogens is 400 g/mol. The van der Waals surface area contributed by atoms with Crippen molar-refractivity contribution in [3.63, 3.8) is 0 Å². The highest BCUT2D eigenvalue weighted by molar-refractivity contribution is 6.32. The standard InChI is InChI=1S/C23H21ClN4O2/c1-13-7-14(2)9-16(8-13)23(29)25-19-12-21-20(10-15(19)3)26-28(27-21)17-5-6-22(30-4)18(24)11-17/h5-12H,1-4H3,(H,25,29). The van der Waals surface area contributed by atoms with E-state index in [1.165, 1.54) is 4.80 Å². The third kappa shape index (κ3) is 3.86. The third-order valence-corrected chi connectivity index (χ3v) is 5.12. The Morgan fingerprint density at radius 2 is 1.63 bits per heavy atom. The van der Waals surface area contributed by atoms with Gasteiger partial charge in [-0.3, -0.25) is 4.79 Å². The second-order valence-electron chi connectivity index (χ2n) is 7.29. The lowest BCUT2D eigenvalue weighted by atomic mass is 10.1. The number of anilines is 1. The summed E-state index contributed by atoms with van der Waals surface area (Å²) in [6.45, 7) is 5.88. The molecule has 1 N–H and O–H groups in total. The van der Waals surface area contributed by atoms with Crippen molar-refractivity contribution in [1.82, 2.24) is 15.0 Å². The van der Waals surface area contributed by atoms with Crippen LogP contribution in [-0.4, -0.2) is 28.0 Å². The summed E-state index contributed by atoms with van der Waals surface area (Å²) in [5.41, 5.74) is 6.44. The van der Waals surface area contributed by atoms with Gasteiger partial charge in [-0.2, -0.15) is 4.80 Å². The van der Waals surface area contributed by atoms with Crippen LogP contribution in [0.15, 0.2) is 48.5 Å². The van der Waals surface area contributed by atoms with Crippen molar-refractivity contribution in [3.8, 4) is 11.4 Å². The number of hydrogen-bond donors (Lipinski definition) is 1. The van der Waals surface area contributed by atoms with Gasteiger partial charge in [0.05, 0.1) is 17.8 Å². The number of methoxy groups -OCH3 is 1. The first-order chi connectivity index (χ1) is 14.3. The predicted molar refractivity (Wildman–Crippen MR) is 119 cm³/mol. The number of fused-ring (bicyclic) bond motifs is 1. The van der Waals surface area contributed by atoms with Crippen LogP contribution in [0.2, 0.25) is 5.02 Å². The Balaban J connectivity index is 1.66. The molecule has 3 aromatic carbocycles. The molecule has 0 aliphatic carbocycles. The minimum Gasteiger partial charge on any atom is -0.495 e. The molecule has 0 spiro atoms. The summed E-state index contributed by atoms with van der Waals surface area (Å²) in [6, 6.07) is 14.9. The van der Waals surface area contributed by atoms with Crippen LogP contribution in [0.3, 0.4) is 0 Å². The third-order valence-electron chi connectivity index (χ3n) is 4.82. The van der Waals surface area contributed by atoms with Gasteiger partial charge in [-0.25, -0.2) is 0 Å². The molecule has 0 saturated carbocycles. The molecule has 4 rings (SSSR count). The topological polar surface area (TPSA) is 69.0 Å². The lowest BCUT2D eigenvalue weighted by Crippen LogP contribution is -2.13. The Morgan fingerprint density at radius 3 is 2.27 bits per heavy atom. The molecule has 0 bridgehead atoms. The number of hydrogen-bond acceptors (Lipinski definition) is 4. The Hall–Kier alpha value is -3.38. The zero-order valence-corrected chi connectivity index (χ0v) is 17.9. The van der Waals surface area contributed by atoms with Gasteiger partial charge < -0.3 is 10.1 Å². The van der Waals surface area contributed by atoms with Crippen molar-refractivity contribution in [2.75, 3.05) is 12.4 Å². The molecule has 0 radical (unpaired) electrons. The lowest BCUT2D eigenvalue weighted by molar-refractivity contribution is 0.102. The molecule has 1 amide bonds. The Kier molecular flexibility index (Phi) is 5.18. The number of benzene rings is 3. The van der Waals surface area contributed by atoms with E-state index in [0.29, 0.717) is 27.5 Å². The first kappa shape index (κ1) is 19.9. The van der Waals surface area contributed by atoms with E-state index in [4.69, 9.17) is 16.3 Å². The van der Waals surface area contributed by atoms with Crippen LogP contribution < -0.4 is 10.1 Å². The molecule has 4 aromatic rings. The molecule has 152 valence electrons. The number of aryl methyl sites for hydroxylation is 3. The molecule has 6 nitrogen and oxygen atoms in total. The second kappa shape index (κ2) is 7.80. The Bertz CT molecular complexity index is 1260. The smallest absolute Gasteiger partial charge is 0.255 e. The number of carbonyl (C=O) groups is 1. The summed E-state index contributed by atoms with van der Waals surface area (Å²) in [7, 11) is 1.57. The number of nitrogens with one attached hydrogen (secondary N) is 1. The van der Waals surface area contributed by atoms with E-state index in [1.807, 2.05) is 57.2 Å². The number of aromatic nitrogens is 3. The number of ether oxygens (including phenoxy) is 1. The molecule has 1 aromatic heterocycles. The minimum atomic E-state index is -0.154. The van der Waals surface area contributed by atoms with Crippen molar-refractivity contribution >= 4 is 34.2 Å². The van der Waals surface area contributed by atoms with Crippen LogP contribution in [0, 0.1) is 20.8 Å². The maximum Gasteiger partial charge on any atom is 0.255 e. The van der Waals surface area contributed by atoms with Crippen molar-refractivity contribution in [3.05, 3.63) is 75.8 Å². The van der Waals surface area contributed by atoms with Gasteiger partial charge in [0.1, 0.15) is 16.8 Å². The summed E-state index contributed by atoms with van der Waals surface area (Å²) < 4.78 is 5.19. The van der Waals surface area contributed by atoms with Crippen LogP contribution in [0.1, 0.15) is 27.0 Å². The number of nitrogens with zero attached hydrogens (tertiary/aromatic N) is 3. The van der Waals surface area contributed by atoms with Crippen molar-refractivity contribution in [2.24, 2.45) is 0 Å². The molecule has 30 heavy (non-hydrogen) atoms. The minimum absolute atomic E-state index is 0.154. The molecule has 0 saturated heterocycles. The van der Waals surface area contributed by atoms with Crippen molar-refractivity contribution < 1.29 is 9.53 Å². The van der Waals surface area contributed by atoms with Crippen LogP contribution in [0.5, 0.6) is 5.75 Å². The molecule has 0 aliphatic heterocycles. The Labute approximate surface area is 179 Å².